The highest BCUT2D eigenvalue weighted by Crippen LogP contribution is 2.40. The molecule has 5 rings (SSSR count). The summed E-state index contributed by atoms with van der Waals surface area (Å²) >= 11 is 1.31. The number of nitrogens with zero attached hydrogens (tertiary/aromatic N) is 2. The molecule has 2 heterocycles. The van der Waals surface area contributed by atoms with E-state index in [9.17, 15) is 9.18 Å². The van der Waals surface area contributed by atoms with Gasteiger partial charge in [-0.15, -0.1) is 0 Å². The SMILES string of the molecule is COc1ccc(-c2nc3c(c(SCC(=O)Nc4ccc(F)cc4)n2)Cc2ccccc2O3)cc1. The van der Waals surface area contributed by atoms with Crippen molar-refractivity contribution in [3.63, 3.8) is 0 Å². The Kier molecular flexibility index (Phi) is 6.14. The van der Waals surface area contributed by atoms with Crippen molar-refractivity contribution < 1.29 is 18.7 Å². The maximum absolute atomic E-state index is 13.1. The van der Waals surface area contributed by atoms with Gasteiger partial charge < -0.3 is 14.8 Å². The molecule has 0 radical (unpaired) electrons. The minimum Gasteiger partial charge on any atom is -0.497 e. The van der Waals surface area contributed by atoms with Crippen molar-refractivity contribution in [3.8, 4) is 28.8 Å². The van der Waals surface area contributed by atoms with Gasteiger partial charge in [-0.3, -0.25) is 4.79 Å². The number of aromatic nitrogens is 2. The molecule has 3 aromatic carbocycles. The number of ether oxygens (including phenoxy) is 2. The quantitative estimate of drug-likeness (QED) is 0.251. The number of halogens is 1. The lowest BCUT2D eigenvalue weighted by molar-refractivity contribution is -0.113. The number of carbonyl (C=O) groups excluding carboxylic acids is 1. The van der Waals surface area contributed by atoms with E-state index < -0.39 is 0 Å². The monoisotopic (exact) mass is 473 g/mol. The highest BCUT2D eigenvalue weighted by molar-refractivity contribution is 8.00. The largest absolute Gasteiger partial charge is 0.497 e. The highest BCUT2D eigenvalue weighted by atomic mass is 32.2. The minimum atomic E-state index is -0.355. The van der Waals surface area contributed by atoms with Crippen molar-refractivity contribution in [2.24, 2.45) is 0 Å². The van der Waals surface area contributed by atoms with Crippen molar-refractivity contribution in [3.05, 3.63) is 89.7 Å². The Balaban J connectivity index is 1.43. The average Bonchev–Trinajstić information content (AvgIpc) is 2.87. The van der Waals surface area contributed by atoms with Crippen molar-refractivity contribution >= 4 is 23.4 Å². The number of hydrogen-bond acceptors (Lipinski definition) is 6. The van der Waals surface area contributed by atoms with Crippen molar-refractivity contribution in [2.75, 3.05) is 18.2 Å². The Bertz CT molecular complexity index is 1340. The molecular weight excluding hydrogens is 453 g/mol. The number of thioether (sulfide) groups is 1. The molecule has 4 aromatic rings. The molecule has 6 nitrogen and oxygen atoms in total. The van der Waals surface area contributed by atoms with Crippen LogP contribution < -0.4 is 14.8 Å². The predicted molar refractivity (Wildman–Crippen MR) is 129 cm³/mol. The van der Waals surface area contributed by atoms with Gasteiger partial charge in [-0.05, 0) is 60.2 Å². The first-order valence-corrected chi connectivity index (χ1v) is 11.6. The van der Waals surface area contributed by atoms with Gasteiger partial charge in [0.15, 0.2) is 5.82 Å². The van der Waals surface area contributed by atoms with Crippen LogP contribution in [0.3, 0.4) is 0 Å². The molecule has 0 unspecified atom stereocenters. The van der Waals surface area contributed by atoms with Gasteiger partial charge in [-0.2, -0.15) is 4.98 Å². The summed E-state index contributed by atoms with van der Waals surface area (Å²) in [4.78, 5) is 22.0. The molecule has 170 valence electrons. The summed E-state index contributed by atoms with van der Waals surface area (Å²) in [7, 11) is 1.61. The zero-order valence-electron chi connectivity index (χ0n) is 18.2. The summed E-state index contributed by atoms with van der Waals surface area (Å²) < 4.78 is 24.5. The Morgan fingerprint density at radius 2 is 1.82 bits per heavy atom. The molecule has 0 bridgehead atoms. The fourth-order valence-electron chi connectivity index (χ4n) is 3.58. The molecule has 0 atom stereocenters. The molecule has 34 heavy (non-hydrogen) atoms. The molecule has 1 aliphatic rings. The standard InChI is InChI=1S/C26H20FN3O3S/c1-32-20-12-6-16(7-13-20)24-29-25-21(14-17-4-2-3-5-22(17)33-25)26(30-24)34-15-23(31)28-19-10-8-18(27)9-11-19/h2-13H,14-15H2,1H3,(H,28,31). The fraction of sp³-hybridized carbons (Fsp3) is 0.115. The Morgan fingerprint density at radius 3 is 2.59 bits per heavy atom. The lowest BCUT2D eigenvalue weighted by atomic mass is 10.0. The third-order valence-corrected chi connectivity index (χ3v) is 6.31. The average molecular weight is 474 g/mol. The van der Waals surface area contributed by atoms with Crippen LogP contribution in [0.5, 0.6) is 17.4 Å². The van der Waals surface area contributed by atoms with E-state index in [1.165, 1.54) is 36.0 Å². The van der Waals surface area contributed by atoms with Gasteiger partial charge in [0.2, 0.25) is 11.8 Å². The molecule has 0 saturated heterocycles. The molecule has 0 fully saturated rings. The maximum Gasteiger partial charge on any atom is 0.234 e. The van der Waals surface area contributed by atoms with Crippen LogP contribution in [0, 0.1) is 5.82 Å². The lowest BCUT2D eigenvalue weighted by Crippen LogP contribution is -2.15. The predicted octanol–water partition coefficient (Wildman–Crippen LogP) is 5.72. The van der Waals surface area contributed by atoms with Crippen LogP contribution in [-0.4, -0.2) is 28.7 Å². The van der Waals surface area contributed by atoms with Gasteiger partial charge in [0.05, 0.1) is 18.4 Å². The third kappa shape index (κ3) is 4.72. The third-order valence-electron chi connectivity index (χ3n) is 5.29. The second kappa shape index (κ2) is 9.52. The Hall–Kier alpha value is -3.91. The molecule has 1 N–H and O–H groups in total. The highest BCUT2D eigenvalue weighted by Gasteiger charge is 2.24. The molecule has 0 aliphatic carbocycles. The topological polar surface area (TPSA) is 73.3 Å². The number of carbonyl (C=O) groups is 1. The number of rotatable bonds is 6. The van der Waals surface area contributed by atoms with E-state index in [0.29, 0.717) is 28.8 Å². The van der Waals surface area contributed by atoms with E-state index in [2.05, 4.69) is 10.3 Å². The normalized spacial score (nSPS) is 11.7. The van der Waals surface area contributed by atoms with Gasteiger partial charge in [0, 0.05) is 17.7 Å². The minimum absolute atomic E-state index is 0.129. The second-order valence-electron chi connectivity index (χ2n) is 7.59. The molecule has 8 heteroatoms. The number of fused-ring (bicyclic) bond motifs is 2. The summed E-state index contributed by atoms with van der Waals surface area (Å²) in [6, 6.07) is 20.9. The molecule has 1 amide bonds. The number of hydrogen-bond donors (Lipinski definition) is 1. The van der Waals surface area contributed by atoms with Crippen LogP contribution in [0.4, 0.5) is 10.1 Å². The first kappa shape index (κ1) is 21.9. The van der Waals surface area contributed by atoms with Gasteiger partial charge in [-0.25, -0.2) is 9.37 Å². The summed E-state index contributed by atoms with van der Waals surface area (Å²) in [5, 5.41) is 3.46. The Morgan fingerprint density at radius 1 is 1.06 bits per heavy atom. The van der Waals surface area contributed by atoms with E-state index in [4.69, 9.17) is 14.5 Å². The summed E-state index contributed by atoms with van der Waals surface area (Å²) in [5.74, 6) is 2.05. The van der Waals surface area contributed by atoms with Crippen molar-refractivity contribution in [1.29, 1.82) is 0 Å². The van der Waals surface area contributed by atoms with E-state index >= 15 is 0 Å². The summed E-state index contributed by atoms with van der Waals surface area (Å²) in [6.07, 6.45) is 0.607. The number of anilines is 1. The zero-order chi connectivity index (χ0) is 23.5. The van der Waals surface area contributed by atoms with Crippen LogP contribution in [0.25, 0.3) is 11.4 Å². The number of amides is 1. The lowest BCUT2D eigenvalue weighted by Gasteiger charge is -2.21. The smallest absolute Gasteiger partial charge is 0.234 e. The first-order valence-electron chi connectivity index (χ1n) is 10.6. The molecule has 1 aliphatic heterocycles. The van der Waals surface area contributed by atoms with Crippen LogP contribution in [0.1, 0.15) is 11.1 Å². The van der Waals surface area contributed by atoms with Crippen molar-refractivity contribution in [2.45, 2.75) is 11.4 Å². The molecule has 1 aromatic heterocycles. The summed E-state index contributed by atoms with van der Waals surface area (Å²) in [6.45, 7) is 0. The van der Waals surface area contributed by atoms with Gasteiger partial charge in [0.25, 0.3) is 0 Å². The zero-order valence-corrected chi connectivity index (χ0v) is 19.1. The van der Waals surface area contributed by atoms with Crippen LogP contribution in [-0.2, 0) is 11.2 Å². The van der Waals surface area contributed by atoms with Crippen LogP contribution in [0.2, 0.25) is 0 Å². The van der Waals surface area contributed by atoms with Crippen LogP contribution >= 0.6 is 11.8 Å². The summed E-state index contributed by atoms with van der Waals surface area (Å²) in [5.41, 5.74) is 3.22. The van der Waals surface area contributed by atoms with E-state index in [0.717, 1.165) is 28.2 Å². The first-order chi connectivity index (χ1) is 16.6. The molecule has 0 spiro atoms. The Labute approximate surface area is 200 Å². The van der Waals surface area contributed by atoms with E-state index in [1.54, 1.807) is 7.11 Å². The van der Waals surface area contributed by atoms with E-state index in [-0.39, 0.29) is 17.5 Å². The van der Waals surface area contributed by atoms with Crippen LogP contribution in [0.15, 0.2) is 77.8 Å². The van der Waals surface area contributed by atoms with Gasteiger partial charge in [-0.1, -0.05) is 30.0 Å². The fourth-order valence-corrected chi connectivity index (χ4v) is 4.40. The molecule has 0 saturated carbocycles. The number of para-hydroxylation sites is 1. The van der Waals surface area contributed by atoms with E-state index in [1.807, 2.05) is 48.5 Å². The van der Waals surface area contributed by atoms with Crippen molar-refractivity contribution in [1.82, 2.24) is 9.97 Å². The maximum atomic E-state index is 13.1. The number of nitrogens with one attached hydrogen (secondary N) is 1. The van der Waals surface area contributed by atoms with Gasteiger partial charge >= 0.3 is 0 Å². The number of benzene rings is 3. The van der Waals surface area contributed by atoms with Gasteiger partial charge in [0.1, 0.15) is 22.3 Å². The number of methoxy groups -OCH3 is 1. The molecular formula is C26H20FN3O3S. The second-order valence-corrected chi connectivity index (χ2v) is 8.56.